The number of hydrogen-bond acceptors (Lipinski definition) is 4. The van der Waals surface area contributed by atoms with E-state index in [1.54, 1.807) is 6.07 Å². The number of hydrogen-bond donors (Lipinski definition) is 2. The summed E-state index contributed by atoms with van der Waals surface area (Å²) in [5.74, 6) is 0.722. The molecule has 1 saturated heterocycles. The zero-order chi connectivity index (χ0) is 14.0. The van der Waals surface area contributed by atoms with Crippen LogP contribution < -0.4 is 16.4 Å². The molecule has 1 aromatic heterocycles. The lowest BCUT2D eigenvalue weighted by molar-refractivity contribution is 0.100. The lowest BCUT2D eigenvalue weighted by Gasteiger charge is -2.36. The predicted molar refractivity (Wildman–Crippen MR) is 76.1 cm³/mol. The molecular weight excluding hydrogens is 240 g/mol. The molecule has 0 aliphatic carbocycles. The van der Waals surface area contributed by atoms with Gasteiger partial charge < -0.3 is 16.4 Å². The molecule has 1 amide bonds. The number of pyridine rings is 1. The van der Waals surface area contributed by atoms with Crippen LogP contribution in [0.3, 0.4) is 0 Å². The average Bonchev–Trinajstić information content (AvgIpc) is 2.38. The molecule has 1 aliphatic rings. The molecule has 1 aliphatic heterocycles. The second-order valence-electron chi connectivity index (χ2n) is 5.40. The molecule has 1 aromatic rings. The van der Waals surface area contributed by atoms with E-state index in [-0.39, 0.29) is 6.04 Å². The molecule has 0 aromatic carbocycles. The molecule has 2 rings (SSSR count). The van der Waals surface area contributed by atoms with Gasteiger partial charge in [0.05, 0.1) is 5.56 Å². The van der Waals surface area contributed by atoms with Crippen molar-refractivity contribution in [3.8, 4) is 0 Å². The third kappa shape index (κ3) is 3.04. The summed E-state index contributed by atoms with van der Waals surface area (Å²) < 4.78 is 0. The van der Waals surface area contributed by atoms with Crippen LogP contribution >= 0.6 is 0 Å². The largest absolute Gasteiger partial charge is 0.365 e. The van der Waals surface area contributed by atoms with Gasteiger partial charge in [-0.1, -0.05) is 0 Å². The number of carbonyl (C=O) groups is 1. The highest BCUT2D eigenvalue weighted by Crippen LogP contribution is 2.26. The highest BCUT2D eigenvalue weighted by atomic mass is 16.1. The summed E-state index contributed by atoms with van der Waals surface area (Å²) in [6.07, 6.45) is 2.20. The van der Waals surface area contributed by atoms with E-state index in [2.05, 4.69) is 9.88 Å². The van der Waals surface area contributed by atoms with E-state index < -0.39 is 5.91 Å². The van der Waals surface area contributed by atoms with Crippen molar-refractivity contribution in [3.63, 3.8) is 0 Å². The maximum Gasteiger partial charge on any atom is 0.252 e. The molecule has 2 atom stereocenters. The van der Waals surface area contributed by atoms with Crippen LogP contribution in [0.1, 0.15) is 35.8 Å². The summed E-state index contributed by atoms with van der Waals surface area (Å²) in [6, 6.07) is 3.73. The average molecular weight is 262 g/mol. The first-order chi connectivity index (χ1) is 8.99. The Balaban J connectivity index is 2.30. The van der Waals surface area contributed by atoms with E-state index >= 15 is 0 Å². The van der Waals surface area contributed by atoms with E-state index in [1.165, 1.54) is 0 Å². The summed E-state index contributed by atoms with van der Waals surface area (Å²) in [6.45, 7) is 5.70. The fourth-order valence-electron chi connectivity index (χ4n) is 2.61. The Morgan fingerprint density at radius 2 is 2.26 bits per heavy atom. The number of primary amides is 1. The first kappa shape index (κ1) is 13.8. The van der Waals surface area contributed by atoms with Crippen LogP contribution in [-0.2, 0) is 0 Å². The molecule has 1 fully saturated rings. The molecule has 0 spiro atoms. The van der Waals surface area contributed by atoms with Crippen molar-refractivity contribution in [1.29, 1.82) is 0 Å². The van der Waals surface area contributed by atoms with E-state index in [0.717, 1.165) is 31.6 Å². The summed E-state index contributed by atoms with van der Waals surface area (Å²) in [4.78, 5) is 18.2. The standard InChI is InChI=1S/C14H22N4O/c1-9-5-6-12(13(16)19)14(17-9)18-7-3-4-11(8-18)10(2)15/h5-6,10-11H,3-4,7-8,15H2,1-2H3,(H2,16,19). The SMILES string of the molecule is Cc1ccc(C(N)=O)c(N2CCCC(C(C)N)C2)n1. The maximum absolute atomic E-state index is 11.5. The second kappa shape index (κ2) is 5.57. The molecule has 5 heteroatoms. The summed E-state index contributed by atoms with van der Waals surface area (Å²) in [7, 11) is 0. The van der Waals surface area contributed by atoms with E-state index in [0.29, 0.717) is 17.3 Å². The molecule has 4 N–H and O–H groups in total. The van der Waals surface area contributed by atoms with Crippen molar-refractivity contribution in [2.45, 2.75) is 32.7 Å². The predicted octanol–water partition coefficient (Wildman–Crippen LogP) is 1.05. The Morgan fingerprint density at radius 1 is 1.53 bits per heavy atom. The fourth-order valence-corrected chi connectivity index (χ4v) is 2.61. The van der Waals surface area contributed by atoms with Gasteiger partial charge in [-0.15, -0.1) is 0 Å². The van der Waals surface area contributed by atoms with Gasteiger partial charge in [0, 0.05) is 24.8 Å². The number of rotatable bonds is 3. The van der Waals surface area contributed by atoms with Crippen LogP contribution in [0.15, 0.2) is 12.1 Å². The van der Waals surface area contributed by atoms with E-state index in [1.807, 2.05) is 19.9 Å². The quantitative estimate of drug-likeness (QED) is 0.852. The number of piperidine rings is 1. The monoisotopic (exact) mass is 262 g/mol. The molecule has 0 saturated carbocycles. The Morgan fingerprint density at radius 3 is 2.89 bits per heavy atom. The van der Waals surface area contributed by atoms with Crippen LogP contribution in [0.5, 0.6) is 0 Å². The smallest absolute Gasteiger partial charge is 0.252 e. The van der Waals surface area contributed by atoms with Gasteiger partial charge in [-0.25, -0.2) is 4.98 Å². The number of aryl methyl sites for hydroxylation is 1. The van der Waals surface area contributed by atoms with Gasteiger partial charge in [0.2, 0.25) is 0 Å². The van der Waals surface area contributed by atoms with Crippen LogP contribution in [0.2, 0.25) is 0 Å². The summed E-state index contributed by atoms with van der Waals surface area (Å²) >= 11 is 0. The third-order valence-corrected chi connectivity index (χ3v) is 3.78. The molecule has 19 heavy (non-hydrogen) atoms. The van der Waals surface area contributed by atoms with Gasteiger partial charge in [0.1, 0.15) is 5.82 Å². The van der Waals surface area contributed by atoms with Gasteiger partial charge in [0.15, 0.2) is 0 Å². The number of amides is 1. The maximum atomic E-state index is 11.5. The first-order valence-corrected chi connectivity index (χ1v) is 6.77. The van der Waals surface area contributed by atoms with Gasteiger partial charge in [0.25, 0.3) is 5.91 Å². The molecule has 5 nitrogen and oxygen atoms in total. The second-order valence-corrected chi connectivity index (χ2v) is 5.40. The van der Waals surface area contributed by atoms with Crippen molar-refractivity contribution >= 4 is 11.7 Å². The normalized spacial score (nSPS) is 21.2. The zero-order valence-electron chi connectivity index (χ0n) is 11.6. The number of nitrogens with zero attached hydrogens (tertiary/aromatic N) is 2. The minimum absolute atomic E-state index is 0.157. The van der Waals surface area contributed by atoms with Crippen LogP contribution in [-0.4, -0.2) is 30.0 Å². The molecule has 0 radical (unpaired) electrons. The Bertz CT molecular complexity index is 473. The molecule has 2 unspecified atom stereocenters. The number of aromatic nitrogens is 1. The Hall–Kier alpha value is -1.62. The molecule has 0 bridgehead atoms. The molecular formula is C14H22N4O. The highest BCUT2D eigenvalue weighted by Gasteiger charge is 2.26. The number of nitrogens with two attached hydrogens (primary N) is 2. The van der Waals surface area contributed by atoms with E-state index in [4.69, 9.17) is 11.5 Å². The van der Waals surface area contributed by atoms with Crippen molar-refractivity contribution in [2.24, 2.45) is 17.4 Å². The van der Waals surface area contributed by atoms with Gasteiger partial charge in [-0.3, -0.25) is 4.79 Å². The fraction of sp³-hybridized carbons (Fsp3) is 0.571. The van der Waals surface area contributed by atoms with Gasteiger partial charge in [-0.2, -0.15) is 0 Å². The lowest BCUT2D eigenvalue weighted by atomic mass is 9.92. The highest BCUT2D eigenvalue weighted by molar-refractivity contribution is 5.97. The molecule has 2 heterocycles. The van der Waals surface area contributed by atoms with Gasteiger partial charge >= 0.3 is 0 Å². The lowest BCUT2D eigenvalue weighted by Crippen LogP contribution is -2.43. The van der Waals surface area contributed by atoms with Gasteiger partial charge in [-0.05, 0) is 44.7 Å². The zero-order valence-corrected chi connectivity index (χ0v) is 11.6. The topological polar surface area (TPSA) is 85.2 Å². The Kier molecular flexibility index (Phi) is 4.04. The summed E-state index contributed by atoms with van der Waals surface area (Å²) in [5, 5.41) is 0. The minimum atomic E-state index is -0.426. The van der Waals surface area contributed by atoms with E-state index in [9.17, 15) is 4.79 Å². The Labute approximate surface area is 114 Å². The molecule has 104 valence electrons. The summed E-state index contributed by atoms with van der Waals surface area (Å²) in [5.41, 5.74) is 12.8. The first-order valence-electron chi connectivity index (χ1n) is 6.77. The van der Waals surface area contributed by atoms with Crippen LogP contribution in [0.25, 0.3) is 0 Å². The van der Waals surface area contributed by atoms with Crippen LogP contribution in [0, 0.1) is 12.8 Å². The van der Waals surface area contributed by atoms with Crippen molar-refractivity contribution in [2.75, 3.05) is 18.0 Å². The third-order valence-electron chi connectivity index (χ3n) is 3.78. The number of anilines is 1. The van der Waals surface area contributed by atoms with Crippen molar-refractivity contribution in [3.05, 3.63) is 23.4 Å². The van der Waals surface area contributed by atoms with Crippen LogP contribution in [0.4, 0.5) is 5.82 Å². The number of carbonyl (C=O) groups excluding carboxylic acids is 1. The van der Waals surface area contributed by atoms with Crippen molar-refractivity contribution < 1.29 is 4.79 Å². The minimum Gasteiger partial charge on any atom is -0.365 e. The van der Waals surface area contributed by atoms with Crippen molar-refractivity contribution in [1.82, 2.24) is 4.98 Å².